The Bertz CT molecular complexity index is 546. The predicted octanol–water partition coefficient (Wildman–Crippen LogP) is 0.279. The van der Waals surface area contributed by atoms with Crippen LogP contribution in [0.3, 0.4) is 0 Å². The maximum Gasteiger partial charge on any atom is 0.238 e. The van der Waals surface area contributed by atoms with Gasteiger partial charge < -0.3 is 16.0 Å². The third kappa shape index (κ3) is 5.49. The van der Waals surface area contributed by atoms with Gasteiger partial charge in [0.25, 0.3) is 0 Å². The number of hydrogen-bond acceptors (Lipinski definition) is 4. The Morgan fingerprint density at radius 2 is 1.81 bits per heavy atom. The van der Waals surface area contributed by atoms with E-state index in [0.717, 1.165) is 0 Å². The summed E-state index contributed by atoms with van der Waals surface area (Å²) in [6.45, 7) is 0.280. The molecule has 0 bridgehead atoms. The Morgan fingerprint density at radius 3 is 2.38 bits per heavy atom. The molecule has 0 saturated carbocycles. The van der Waals surface area contributed by atoms with Gasteiger partial charge in [0, 0.05) is 19.7 Å². The van der Waals surface area contributed by atoms with Crippen LogP contribution in [0.1, 0.15) is 5.56 Å². The number of carbonyl (C=O) groups excluding carboxylic acids is 2. The first-order valence-electron chi connectivity index (χ1n) is 6.38. The number of benzene rings is 1. The molecule has 114 valence electrons. The average Bonchev–Trinajstić information content (AvgIpc) is 2.38. The van der Waals surface area contributed by atoms with Crippen molar-refractivity contribution in [2.24, 2.45) is 5.73 Å². The van der Waals surface area contributed by atoms with Gasteiger partial charge in [-0.2, -0.15) is 0 Å². The van der Waals surface area contributed by atoms with Crippen LogP contribution in [0.2, 0.25) is 0 Å². The number of thiocarbonyl (C=S) groups is 1. The zero-order valence-electron chi connectivity index (χ0n) is 12.4. The van der Waals surface area contributed by atoms with Crippen LogP contribution < -0.4 is 11.1 Å². The van der Waals surface area contributed by atoms with E-state index in [1.165, 1.54) is 4.90 Å². The van der Waals surface area contributed by atoms with Gasteiger partial charge in [-0.05, 0) is 19.2 Å². The Hall–Kier alpha value is -1.99. The molecule has 3 N–H and O–H groups in total. The maximum absolute atomic E-state index is 12.0. The number of para-hydroxylation sites is 1. The second-order valence-electron chi connectivity index (χ2n) is 4.92. The van der Waals surface area contributed by atoms with E-state index >= 15 is 0 Å². The third-order valence-corrected chi connectivity index (χ3v) is 3.00. The molecular formula is C14H20N4O2S. The van der Waals surface area contributed by atoms with E-state index < -0.39 is 0 Å². The summed E-state index contributed by atoms with van der Waals surface area (Å²) in [4.78, 5) is 26.9. The van der Waals surface area contributed by atoms with E-state index in [0.29, 0.717) is 11.3 Å². The lowest BCUT2D eigenvalue weighted by atomic mass is 10.2. The minimum absolute atomic E-state index is 0.0613. The number of carbonyl (C=O) groups is 2. The van der Waals surface area contributed by atoms with Gasteiger partial charge in [-0.1, -0.05) is 24.4 Å². The number of nitrogens with two attached hydrogens (primary N) is 1. The molecule has 0 unspecified atom stereocenters. The highest BCUT2D eigenvalue weighted by atomic mass is 32.1. The molecule has 6 nitrogen and oxygen atoms in total. The summed E-state index contributed by atoms with van der Waals surface area (Å²) >= 11 is 4.94. The van der Waals surface area contributed by atoms with E-state index in [9.17, 15) is 9.59 Å². The second kappa shape index (κ2) is 7.70. The van der Waals surface area contributed by atoms with Crippen LogP contribution in [-0.2, 0) is 9.59 Å². The van der Waals surface area contributed by atoms with Crippen molar-refractivity contribution in [3.63, 3.8) is 0 Å². The molecule has 0 spiro atoms. The van der Waals surface area contributed by atoms with Crippen LogP contribution >= 0.6 is 12.2 Å². The van der Waals surface area contributed by atoms with Crippen LogP contribution in [0.25, 0.3) is 0 Å². The molecule has 0 aliphatic carbocycles. The lowest BCUT2D eigenvalue weighted by Gasteiger charge is -2.19. The maximum atomic E-state index is 12.0. The van der Waals surface area contributed by atoms with Crippen LogP contribution in [0.4, 0.5) is 5.69 Å². The molecule has 0 heterocycles. The molecule has 0 aliphatic rings. The minimum atomic E-state index is -0.229. The second-order valence-corrected chi connectivity index (χ2v) is 5.36. The van der Waals surface area contributed by atoms with Crippen molar-refractivity contribution in [2.75, 3.05) is 39.5 Å². The Balaban J connectivity index is 2.62. The summed E-state index contributed by atoms with van der Waals surface area (Å²) in [5.74, 6) is -0.290. The molecule has 0 aromatic heterocycles. The number of amides is 2. The van der Waals surface area contributed by atoms with Gasteiger partial charge in [-0.15, -0.1) is 0 Å². The normalized spacial score (nSPS) is 10.3. The summed E-state index contributed by atoms with van der Waals surface area (Å²) in [7, 11) is 5.06. The molecule has 7 heteroatoms. The Kier molecular flexibility index (Phi) is 6.26. The van der Waals surface area contributed by atoms with E-state index in [-0.39, 0.29) is 29.9 Å². The molecule has 0 atom stereocenters. The fourth-order valence-electron chi connectivity index (χ4n) is 1.67. The van der Waals surface area contributed by atoms with Crippen molar-refractivity contribution in [2.45, 2.75) is 0 Å². The summed E-state index contributed by atoms with van der Waals surface area (Å²) in [5, 5.41) is 2.75. The predicted molar refractivity (Wildman–Crippen MR) is 87.2 cm³/mol. The van der Waals surface area contributed by atoms with E-state index in [1.54, 1.807) is 50.3 Å². The fourth-order valence-corrected chi connectivity index (χ4v) is 1.85. The smallest absolute Gasteiger partial charge is 0.238 e. The highest BCUT2D eigenvalue weighted by Gasteiger charge is 2.13. The van der Waals surface area contributed by atoms with Crippen molar-refractivity contribution in [1.29, 1.82) is 0 Å². The number of likely N-dealkylation sites (N-methyl/N-ethyl adjacent to an activating group) is 2. The molecule has 2 amide bonds. The lowest BCUT2D eigenvalue weighted by molar-refractivity contribution is -0.130. The summed E-state index contributed by atoms with van der Waals surface area (Å²) < 4.78 is 0. The van der Waals surface area contributed by atoms with Crippen LogP contribution in [0.5, 0.6) is 0 Å². The molecule has 0 radical (unpaired) electrons. The summed E-state index contributed by atoms with van der Waals surface area (Å²) in [6.07, 6.45) is 0. The van der Waals surface area contributed by atoms with E-state index in [4.69, 9.17) is 18.0 Å². The molecule has 1 aromatic rings. The van der Waals surface area contributed by atoms with E-state index in [2.05, 4.69) is 5.32 Å². The van der Waals surface area contributed by atoms with Crippen molar-refractivity contribution in [3.8, 4) is 0 Å². The zero-order chi connectivity index (χ0) is 16.0. The molecule has 0 aliphatic heterocycles. The van der Waals surface area contributed by atoms with Crippen LogP contribution in [0, 0.1) is 0 Å². The number of nitrogens with zero attached hydrogens (tertiary/aromatic N) is 2. The third-order valence-electron chi connectivity index (χ3n) is 2.78. The number of anilines is 1. The van der Waals surface area contributed by atoms with Crippen LogP contribution in [-0.4, -0.2) is 60.8 Å². The van der Waals surface area contributed by atoms with Gasteiger partial charge in [0.2, 0.25) is 11.8 Å². The topological polar surface area (TPSA) is 78.7 Å². The van der Waals surface area contributed by atoms with Crippen molar-refractivity contribution in [3.05, 3.63) is 29.8 Å². The Labute approximate surface area is 129 Å². The van der Waals surface area contributed by atoms with Gasteiger partial charge in [0.05, 0.1) is 18.8 Å². The van der Waals surface area contributed by atoms with Crippen molar-refractivity contribution >= 4 is 34.7 Å². The van der Waals surface area contributed by atoms with Gasteiger partial charge in [-0.25, -0.2) is 0 Å². The van der Waals surface area contributed by atoms with Gasteiger partial charge in [0.1, 0.15) is 4.99 Å². The quantitative estimate of drug-likeness (QED) is 0.738. The highest BCUT2D eigenvalue weighted by Crippen LogP contribution is 2.14. The monoisotopic (exact) mass is 308 g/mol. The SMILES string of the molecule is CN(CC(=O)Nc1ccccc1C(N)=S)CC(=O)N(C)C. The first kappa shape index (κ1) is 17.1. The molecule has 1 aromatic carbocycles. The van der Waals surface area contributed by atoms with Crippen molar-refractivity contribution in [1.82, 2.24) is 9.80 Å². The molecule has 0 fully saturated rings. The van der Waals surface area contributed by atoms with Crippen LogP contribution in [0.15, 0.2) is 24.3 Å². The van der Waals surface area contributed by atoms with Gasteiger partial charge in [-0.3, -0.25) is 14.5 Å². The van der Waals surface area contributed by atoms with E-state index in [1.807, 2.05) is 0 Å². The van der Waals surface area contributed by atoms with Gasteiger partial charge in [0.15, 0.2) is 0 Å². The standard InChI is InChI=1S/C14H20N4O2S/c1-17(2)13(20)9-18(3)8-12(19)16-11-7-5-4-6-10(11)14(15)21/h4-7H,8-9H2,1-3H3,(H2,15,21)(H,16,19). The molecular weight excluding hydrogens is 288 g/mol. The first-order valence-corrected chi connectivity index (χ1v) is 6.79. The summed E-state index contributed by atoms with van der Waals surface area (Å²) in [6, 6.07) is 7.07. The number of rotatable bonds is 6. The molecule has 21 heavy (non-hydrogen) atoms. The minimum Gasteiger partial charge on any atom is -0.389 e. The Morgan fingerprint density at radius 1 is 1.19 bits per heavy atom. The lowest BCUT2D eigenvalue weighted by Crippen LogP contribution is -2.38. The van der Waals surface area contributed by atoms with Crippen molar-refractivity contribution < 1.29 is 9.59 Å². The first-order chi connectivity index (χ1) is 9.81. The average molecular weight is 308 g/mol. The largest absolute Gasteiger partial charge is 0.389 e. The number of nitrogens with one attached hydrogen (secondary N) is 1. The molecule has 1 rings (SSSR count). The zero-order valence-corrected chi connectivity index (χ0v) is 13.2. The highest BCUT2D eigenvalue weighted by molar-refractivity contribution is 7.80. The number of hydrogen-bond donors (Lipinski definition) is 2. The fraction of sp³-hybridized carbons (Fsp3) is 0.357. The van der Waals surface area contributed by atoms with Gasteiger partial charge >= 0.3 is 0 Å². The molecule has 0 saturated heterocycles. The summed E-state index contributed by atoms with van der Waals surface area (Å²) in [5.41, 5.74) is 6.80.